The van der Waals surface area contributed by atoms with Crippen LogP contribution < -0.4 is 0 Å². The Balaban J connectivity index is 2.66. The van der Waals surface area contributed by atoms with Gasteiger partial charge in [-0.1, -0.05) is 0 Å². The van der Waals surface area contributed by atoms with E-state index >= 15 is 0 Å². The maximum atomic E-state index is 12.3. The van der Waals surface area contributed by atoms with Crippen molar-refractivity contribution in [1.82, 2.24) is 13.5 Å². The van der Waals surface area contributed by atoms with Crippen molar-refractivity contribution >= 4 is 16.2 Å². The molecular formula is C12H25N3O5S. The molecule has 1 rings (SSSR count). The number of hydrogen-bond donors (Lipinski definition) is 1. The molecule has 1 heterocycles. The van der Waals surface area contributed by atoms with E-state index in [9.17, 15) is 18.3 Å². The zero-order chi connectivity index (χ0) is 16.3. The molecule has 9 heteroatoms. The number of carboxylic acids is 1. The van der Waals surface area contributed by atoms with E-state index in [1.807, 2.05) is 0 Å². The van der Waals surface area contributed by atoms with Crippen LogP contribution in [0.3, 0.4) is 0 Å². The molecule has 8 nitrogen and oxygen atoms in total. The van der Waals surface area contributed by atoms with E-state index in [4.69, 9.17) is 4.74 Å². The Kier molecular flexibility index (Phi) is 6.11. The molecule has 0 spiro atoms. The van der Waals surface area contributed by atoms with Gasteiger partial charge in [-0.2, -0.15) is 17.0 Å². The van der Waals surface area contributed by atoms with Gasteiger partial charge in [-0.05, 0) is 13.8 Å². The Morgan fingerprint density at radius 2 is 1.81 bits per heavy atom. The van der Waals surface area contributed by atoms with Gasteiger partial charge < -0.3 is 9.84 Å². The van der Waals surface area contributed by atoms with E-state index in [0.29, 0.717) is 26.2 Å². The van der Waals surface area contributed by atoms with Crippen molar-refractivity contribution in [2.24, 2.45) is 0 Å². The quantitative estimate of drug-likeness (QED) is 0.666. The number of ether oxygens (including phenoxy) is 1. The van der Waals surface area contributed by atoms with Gasteiger partial charge in [0, 0.05) is 46.9 Å². The van der Waals surface area contributed by atoms with Crippen molar-refractivity contribution in [1.29, 1.82) is 0 Å². The van der Waals surface area contributed by atoms with E-state index in [-0.39, 0.29) is 13.1 Å². The summed E-state index contributed by atoms with van der Waals surface area (Å²) in [5.74, 6) is -0.906. The largest absolute Gasteiger partial charge is 0.480 e. The molecule has 0 bridgehead atoms. The molecule has 0 aromatic carbocycles. The predicted molar refractivity (Wildman–Crippen MR) is 78.3 cm³/mol. The molecule has 0 aromatic rings. The van der Waals surface area contributed by atoms with E-state index in [1.165, 1.54) is 22.8 Å². The Labute approximate surface area is 126 Å². The number of nitrogens with zero attached hydrogens (tertiary/aromatic N) is 3. The topological polar surface area (TPSA) is 90.4 Å². The summed E-state index contributed by atoms with van der Waals surface area (Å²) in [6, 6.07) is 0. The molecular weight excluding hydrogens is 298 g/mol. The molecule has 0 aromatic heterocycles. The van der Waals surface area contributed by atoms with Gasteiger partial charge in [0.1, 0.15) is 5.54 Å². The fourth-order valence-electron chi connectivity index (χ4n) is 2.15. The smallest absolute Gasteiger partial charge is 0.323 e. The third-order valence-corrected chi connectivity index (χ3v) is 5.87. The molecule has 1 saturated heterocycles. The fraction of sp³-hybridized carbons (Fsp3) is 0.917. The zero-order valence-corrected chi connectivity index (χ0v) is 13.9. The van der Waals surface area contributed by atoms with Crippen LogP contribution in [0.15, 0.2) is 0 Å². The molecule has 0 amide bonds. The molecule has 0 radical (unpaired) electrons. The molecule has 0 unspecified atom stereocenters. The van der Waals surface area contributed by atoms with Crippen LogP contribution in [-0.4, -0.2) is 92.0 Å². The third-order valence-electron chi connectivity index (χ3n) is 3.88. The highest BCUT2D eigenvalue weighted by Gasteiger charge is 2.39. The van der Waals surface area contributed by atoms with E-state index in [1.54, 1.807) is 18.7 Å². The van der Waals surface area contributed by atoms with Crippen LogP contribution in [0.1, 0.15) is 13.8 Å². The maximum Gasteiger partial charge on any atom is 0.323 e. The molecule has 0 aliphatic carbocycles. The van der Waals surface area contributed by atoms with Crippen LogP contribution in [0.2, 0.25) is 0 Å². The number of carbonyl (C=O) groups is 1. The van der Waals surface area contributed by atoms with Gasteiger partial charge in [-0.15, -0.1) is 0 Å². The van der Waals surface area contributed by atoms with E-state index < -0.39 is 21.7 Å². The van der Waals surface area contributed by atoms with Crippen molar-refractivity contribution in [3.8, 4) is 0 Å². The average Bonchev–Trinajstić information content (AvgIpc) is 2.44. The Bertz CT molecular complexity index is 458. The summed E-state index contributed by atoms with van der Waals surface area (Å²) >= 11 is 0. The lowest BCUT2D eigenvalue weighted by Crippen LogP contribution is -2.59. The Morgan fingerprint density at radius 1 is 1.29 bits per heavy atom. The lowest BCUT2D eigenvalue weighted by molar-refractivity contribution is -0.150. The molecule has 0 atom stereocenters. The van der Waals surface area contributed by atoms with Crippen LogP contribution in [0.5, 0.6) is 0 Å². The number of piperazine rings is 1. The average molecular weight is 323 g/mol. The minimum absolute atomic E-state index is 0.288. The highest BCUT2D eigenvalue weighted by atomic mass is 32.2. The minimum Gasteiger partial charge on any atom is -0.480 e. The summed E-state index contributed by atoms with van der Waals surface area (Å²) in [6.07, 6.45) is 0. The summed E-state index contributed by atoms with van der Waals surface area (Å²) in [5.41, 5.74) is -0.988. The van der Waals surface area contributed by atoms with Crippen molar-refractivity contribution < 1.29 is 23.1 Å². The van der Waals surface area contributed by atoms with Crippen molar-refractivity contribution in [2.75, 3.05) is 53.5 Å². The molecule has 1 fully saturated rings. The van der Waals surface area contributed by atoms with Crippen LogP contribution in [0.25, 0.3) is 0 Å². The number of rotatable bonds is 7. The number of aliphatic carboxylic acids is 1. The van der Waals surface area contributed by atoms with E-state index in [0.717, 1.165) is 0 Å². The van der Waals surface area contributed by atoms with Gasteiger partial charge in [0.15, 0.2) is 0 Å². The van der Waals surface area contributed by atoms with Crippen molar-refractivity contribution in [3.63, 3.8) is 0 Å². The molecule has 124 valence electrons. The summed E-state index contributed by atoms with van der Waals surface area (Å²) in [7, 11) is -0.474. The number of methoxy groups -OCH3 is 1. The summed E-state index contributed by atoms with van der Waals surface area (Å²) < 4.78 is 32.2. The Hall–Kier alpha value is -0.740. The van der Waals surface area contributed by atoms with Crippen LogP contribution >= 0.6 is 0 Å². The lowest BCUT2D eigenvalue weighted by atomic mass is 10.0. The molecule has 0 saturated carbocycles. The van der Waals surface area contributed by atoms with Gasteiger partial charge in [0.2, 0.25) is 0 Å². The normalized spacial score (nSPS) is 19.1. The fourth-order valence-corrected chi connectivity index (χ4v) is 3.47. The first kappa shape index (κ1) is 18.3. The summed E-state index contributed by atoms with van der Waals surface area (Å²) in [5, 5.41) is 9.21. The molecule has 1 N–H and O–H groups in total. The van der Waals surface area contributed by atoms with Crippen molar-refractivity contribution in [3.05, 3.63) is 0 Å². The second kappa shape index (κ2) is 7.01. The van der Waals surface area contributed by atoms with Gasteiger partial charge in [0.25, 0.3) is 10.2 Å². The summed E-state index contributed by atoms with van der Waals surface area (Å²) in [6.45, 7) is 5.26. The highest BCUT2D eigenvalue weighted by molar-refractivity contribution is 7.86. The minimum atomic E-state index is -3.51. The predicted octanol–water partition coefficient (Wildman–Crippen LogP) is -0.710. The highest BCUT2D eigenvalue weighted by Crippen LogP contribution is 2.19. The second-order valence-electron chi connectivity index (χ2n) is 5.57. The monoisotopic (exact) mass is 323 g/mol. The van der Waals surface area contributed by atoms with Crippen LogP contribution in [0.4, 0.5) is 0 Å². The number of carboxylic acid groups (broad SMARTS) is 1. The first-order chi connectivity index (χ1) is 9.64. The molecule has 21 heavy (non-hydrogen) atoms. The summed E-state index contributed by atoms with van der Waals surface area (Å²) in [4.78, 5) is 13.0. The van der Waals surface area contributed by atoms with Gasteiger partial charge in [0.05, 0.1) is 6.61 Å². The third kappa shape index (κ3) is 4.13. The Morgan fingerprint density at radius 3 is 2.24 bits per heavy atom. The van der Waals surface area contributed by atoms with Gasteiger partial charge in [-0.25, -0.2) is 0 Å². The maximum absolute atomic E-state index is 12.3. The lowest BCUT2D eigenvalue weighted by Gasteiger charge is -2.41. The van der Waals surface area contributed by atoms with Gasteiger partial charge in [-0.3, -0.25) is 9.69 Å². The van der Waals surface area contributed by atoms with Crippen LogP contribution in [0, 0.1) is 0 Å². The SMILES string of the molecule is COCCN(C)S(=O)(=O)N1CCN(C(C)(C)C(=O)O)CC1. The van der Waals surface area contributed by atoms with Crippen molar-refractivity contribution in [2.45, 2.75) is 19.4 Å². The first-order valence-electron chi connectivity index (χ1n) is 6.83. The number of hydrogen-bond acceptors (Lipinski definition) is 5. The molecule has 1 aliphatic rings. The van der Waals surface area contributed by atoms with E-state index in [2.05, 4.69) is 0 Å². The zero-order valence-electron chi connectivity index (χ0n) is 13.1. The molecule has 1 aliphatic heterocycles. The van der Waals surface area contributed by atoms with Crippen LogP contribution in [-0.2, 0) is 19.7 Å². The van der Waals surface area contributed by atoms with Gasteiger partial charge >= 0.3 is 5.97 Å². The standard InChI is InChI=1S/C12H25N3O5S/c1-12(2,11(16)17)14-5-7-15(8-6-14)21(18,19)13(3)9-10-20-4/h5-10H2,1-4H3,(H,16,17). The number of likely N-dealkylation sites (N-methyl/N-ethyl adjacent to an activating group) is 1. The first-order valence-corrected chi connectivity index (χ1v) is 8.22. The second-order valence-corrected chi connectivity index (χ2v) is 7.61.